The molecule has 2 heteroatoms. The molecule has 1 aliphatic rings. The lowest BCUT2D eigenvalue weighted by Gasteiger charge is -2.14. The van der Waals surface area contributed by atoms with Crippen molar-refractivity contribution in [2.24, 2.45) is 0 Å². The highest BCUT2D eigenvalue weighted by molar-refractivity contribution is 5.23. The van der Waals surface area contributed by atoms with Crippen molar-refractivity contribution in [2.45, 2.75) is 39.4 Å². The fourth-order valence-electron chi connectivity index (χ4n) is 3.02. The first kappa shape index (κ1) is 15.3. The molecule has 0 aliphatic carbocycles. The van der Waals surface area contributed by atoms with Crippen molar-refractivity contribution in [1.29, 1.82) is 0 Å². The zero-order chi connectivity index (χ0) is 15.2. The third-order valence-electron chi connectivity index (χ3n) is 4.41. The van der Waals surface area contributed by atoms with Gasteiger partial charge in [-0.1, -0.05) is 54.1 Å². The van der Waals surface area contributed by atoms with Gasteiger partial charge < -0.3 is 5.32 Å². The lowest BCUT2D eigenvalue weighted by atomic mass is 10.1. The minimum Gasteiger partial charge on any atom is -0.309 e. The van der Waals surface area contributed by atoms with Crippen molar-refractivity contribution in [3.8, 4) is 0 Å². The first-order valence-corrected chi connectivity index (χ1v) is 8.36. The van der Waals surface area contributed by atoms with Crippen molar-refractivity contribution in [1.82, 2.24) is 10.2 Å². The Morgan fingerprint density at radius 2 is 1.27 bits per heavy atom. The fraction of sp³-hybridized carbons (Fsp3) is 0.400. The van der Waals surface area contributed by atoms with Crippen LogP contribution in [0.15, 0.2) is 48.5 Å². The molecule has 0 spiro atoms. The summed E-state index contributed by atoms with van der Waals surface area (Å²) in [5.41, 5.74) is 5.45. The summed E-state index contributed by atoms with van der Waals surface area (Å²) in [6.07, 6.45) is 2.72. The van der Waals surface area contributed by atoms with Crippen LogP contribution < -0.4 is 5.32 Å². The second-order valence-corrected chi connectivity index (χ2v) is 6.39. The van der Waals surface area contributed by atoms with Crippen LogP contribution in [0.25, 0.3) is 0 Å². The van der Waals surface area contributed by atoms with Crippen molar-refractivity contribution < 1.29 is 0 Å². The molecule has 1 heterocycles. The van der Waals surface area contributed by atoms with Crippen molar-refractivity contribution in [3.05, 3.63) is 70.8 Å². The molecule has 2 aromatic carbocycles. The van der Waals surface area contributed by atoms with Gasteiger partial charge in [0.15, 0.2) is 0 Å². The highest BCUT2D eigenvalue weighted by atomic mass is 15.1. The molecule has 1 fully saturated rings. The predicted octanol–water partition coefficient (Wildman–Crippen LogP) is 3.88. The number of nitrogens with one attached hydrogen (secondary N) is 1. The van der Waals surface area contributed by atoms with Crippen LogP contribution in [0, 0.1) is 6.92 Å². The van der Waals surface area contributed by atoms with Crippen LogP contribution in [0.2, 0.25) is 0 Å². The number of nitrogens with zero attached hydrogens (tertiary/aromatic N) is 1. The molecule has 0 radical (unpaired) electrons. The van der Waals surface area contributed by atoms with Crippen LogP contribution in [0.1, 0.15) is 35.1 Å². The molecule has 116 valence electrons. The molecule has 0 unspecified atom stereocenters. The van der Waals surface area contributed by atoms with E-state index in [1.54, 1.807) is 0 Å². The zero-order valence-electron chi connectivity index (χ0n) is 13.5. The monoisotopic (exact) mass is 294 g/mol. The third kappa shape index (κ3) is 4.43. The molecular formula is C20H26N2. The lowest BCUT2D eigenvalue weighted by Crippen LogP contribution is -2.18. The van der Waals surface area contributed by atoms with Gasteiger partial charge in [-0.25, -0.2) is 0 Å². The Balaban J connectivity index is 1.45. The summed E-state index contributed by atoms with van der Waals surface area (Å²) in [6, 6.07) is 17.8. The van der Waals surface area contributed by atoms with Crippen LogP contribution in [0.4, 0.5) is 0 Å². The van der Waals surface area contributed by atoms with Crippen molar-refractivity contribution in [2.75, 3.05) is 13.1 Å². The summed E-state index contributed by atoms with van der Waals surface area (Å²) < 4.78 is 0. The Morgan fingerprint density at radius 1 is 0.773 bits per heavy atom. The summed E-state index contributed by atoms with van der Waals surface area (Å²) >= 11 is 0. The number of likely N-dealkylation sites (tertiary alicyclic amines) is 1. The molecule has 0 atom stereocenters. The number of rotatable bonds is 6. The predicted molar refractivity (Wildman–Crippen MR) is 92.7 cm³/mol. The molecule has 3 rings (SSSR count). The average molecular weight is 294 g/mol. The Kier molecular flexibility index (Phi) is 5.25. The third-order valence-corrected chi connectivity index (χ3v) is 4.41. The minimum atomic E-state index is 0.926. The van der Waals surface area contributed by atoms with E-state index in [2.05, 4.69) is 65.7 Å². The summed E-state index contributed by atoms with van der Waals surface area (Å²) in [5.74, 6) is 0. The second-order valence-electron chi connectivity index (χ2n) is 6.39. The molecule has 2 aromatic rings. The van der Waals surface area contributed by atoms with E-state index in [0.29, 0.717) is 0 Å². The molecule has 1 aliphatic heterocycles. The molecule has 1 saturated heterocycles. The largest absolute Gasteiger partial charge is 0.309 e. The standard InChI is InChI=1S/C20H26N2/c1-17-4-6-18(7-5-17)14-21-15-19-8-10-20(11-9-19)16-22-12-2-3-13-22/h4-11,21H,2-3,12-16H2,1H3. The maximum absolute atomic E-state index is 3.52. The van der Waals surface area contributed by atoms with Crippen LogP contribution in [-0.2, 0) is 19.6 Å². The average Bonchev–Trinajstić information content (AvgIpc) is 3.04. The zero-order valence-corrected chi connectivity index (χ0v) is 13.5. The number of benzene rings is 2. The summed E-state index contributed by atoms with van der Waals surface area (Å²) in [6.45, 7) is 7.62. The van der Waals surface area contributed by atoms with E-state index < -0.39 is 0 Å². The highest BCUT2D eigenvalue weighted by Crippen LogP contribution is 2.13. The number of aryl methyl sites for hydroxylation is 1. The Labute approximate surface area is 134 Å². The van der Waals surface area contributed by atoms with E-state index in [1.807, 2.05) is 0 Å². The van der Waals surface area contributed by atoms with Crippen molar-refractivity contribution in [3.63, 3.8) is 0 Å². The van der Waals surface area contributed by atoms with Gasteiger partial charge in [0.25, 0.3) is 0 Å². The normalized spacial score (nSPS) is 15.3. The SMILES string of the molecule is Cc1ccc(CNCc2ccc(CN3CCCC3)cc2)cc1. The second kappa shape index (κ2) is 7.57. The molecular weight excluding hydrogens is 268 g/mol. The van der Waals surface area contributed by atoms with Crippen LogP contribution >= 0.6 is 0 Å². The van der Waals surface area contributed by atoms with Gasteiger partial charge in [0.05, 0.1) is 0 Å². The van der Waals surface area contributed by atoms with Crippen LogP contribution in [0.5, 0.6) is 0 Å². The maximum Gasteiger partial charge on any atom is 0.0233 e. The van der Waals surface area contributed by atoms with Gasteiger partial charge in [-0.3, -0.25) is 4.90 Å². The van der Waals surface area contributed by atoms with Crippen LogP contribution in [0.3, 0.4) is 0 Å². The lowest BCUT2D eigenvalue weighted by molar-refractivity contribution is 0.331. The molecule has 2 nitrogen and oxygen atoms in total. The summed E-state index contributed by atoms with van der Waals surface area (Å²) in [4.78, 5) is 2.55. The molecule has 0 saturated carbocycles. The van der Waals surface area contributed by atoms with Gasteiger partial charge >= 0.3 is 0 Å². The maximum atomic E-state index is 3.52. The van der Waals surface area contributed by atoms with Gasteiger partial charge in [-0.2, -0.15) is 0 Å². The van der Waals surface area contributed by atoms with E-state index in [-0.39, 0.29) is 0 Å². The molecule has 0 aromatic heterocycles. The van der Waals surface area contributed by atoms with E-state index in [0.717, 1.165) is 19.6 Å². The summed E-state index contributed by atoms with van der Waals surface area (Å²) in [7, 11) is 0. The number of hydrogen-bond donors (Lipinski definition) is 1. The molecule has 0 amide bonds. The minimum absolute atomic E-state index is 0.926. The topological polar surface area (TPSA) is 15.3 Å². The van der Waals surface area contributed by atoms with E-state index >= 15 is 0 Å². The molecule has 1 N–H and O–H groups in total. The first-order valence-electron chi connectivity index (χ1n) is 8.36. The van der Waals surface area contributed by atoms with E-state index in [4.69, 9.17) is 0 Å². The van der Waals surface area contributed by atoms with Gasteiger partial charge in [-0.15, -0.1) is 0 Å². The highest BCUT2D eigenvalue weighted by Gasteiger charge is 2.11. The quantitative estimate of drug-likeness (QED) is 0.870. The smallest absolute Gasteiger partial charge is 0.0233 e. The Morgan fingerprint density at radius 3 is 1.86 bits per heavy atom. The summed E-state index contributed by atoms with van der Waals surface area (Å²) in [5, 5.41) is 3.52. The van der Waals surface area contributed by atoms with Gasteiger partial charge in [0.1, 0.15) is 0 Å². The van der Waals surface area contributed by atoms with Crippen molar-refractivity contribution >= 4 is 0 Å². The Bertz CT molecular complexity index is 566. The van der Waals surface area contributed by atoms with Gasteiger partial charge in [0, 0.05) is 19.6 Å². The van der Waals surface area contributed by atoms with Gasteiger partial charge in [0.2, 0.25) is 0 Å². The molecule has 22 heavy (non-hydrogen) atoms. The number of hydrogen-bond acceptors (Lipinski definition) is 2. The fourth-order valence-corrected chi connectivity index (χ4v) is 3.02. The van der Waals surface area contributed by atoms with E-state index in [1.165, 1.54) is 48.2 Å². The first-order chi connectivity index (χ1) is 10.8. The Hall–Kier alpha value is -1.64. The van der Waals surface area contributed by atoms with Gasteiger partial charge in [-0.05, 0) is 49.5 Å². The van der Waals surface area contributed by atoms with E-state index in [9.17, 15) is 0 Å². The van der Waals surface area contributed by atoms with Crippen LogP contribution in [-0.4, -0.2) is 18.0 Å². The molecule has 0 bridgehead atoms.